The van der Waals surface area contributed by atoms with Crippen molar-refractivity contribution in [2.45, 2.75) is 74.6 Å². The first kappa shape index (κ1) is 28.9. The fraction of sp³-hybridized carbons (Fsp3) is 0.440. The lowest BCUT2D eigenvalue weighted by Gasteiger charge is -2.20. The van der Waals surface area contributed by atoms with Gasteiger partial charge in [-0.25, -0.2) is 18.9 Å². The summed E-state index contributed by atoms with van der Waals surface area (Å²) >= 11 is 0.974. The minimum Gasteiger partial charge on any atom is -0.444 e. The van der Waals surface area contributed by atoms with Crippen LogP contribution in [0, 0.1) is 15.9 Å². The Labute approximate surface area is 233 Å². The Kier molecular flexibility index (Phi) is 8.61. The lowest BCUT2D eigenvalue weighted by molar-refractivity contribution is -0.385. The van der Waals surface area contributed by atoms with Crippen molar-refractivity contribution in [2.75, 3.05) is 5.32 Å². The summed E-state index contributed by atoms with van der Waals surface area (Å²) in [7, 11) is 1.59. The van der Waals surface area contributed by atoms with Crippen LogP contribution >= 0.6 is 11.8 Å². The van der Waals surface area contributed by atoms with Gasteiger partial charge in [0.05, 0.1) is 22.6 Å². The number of carbonyl (C=O) groups excluding carboxylic acids is 2. The van der Waals surface area contributed by atoms with Crippen LogP contribution in [0.5, 0.6) is 0 Å². The fourth-order valence-electron chi connectivity index (χ4n) is 4.27. The quantitative estimate of drug-likeness (QED) is 0.284. The molecule has 13 nitrogen and oxygen atoms in total. The van der Waals surface area contributed by atoms with Gasteiger partial charge in [-0.2, -0.15) is 0 Å². The molecule has 40 heavy (non-hydrogen) atoms. The van der Waals surface area contributed by atoms with Gasteiger partial charge in [-0.1, -0.05) is 12.8 Å². The molecule has 2 heterocycles. The zero-order valence-electron chi connectivity index (χ0n) is 22.4. The van der Waals surface area contributed by atoms with Crippen molar-refractivity contribution in [3.05, 3.63) is 57.0 Å². The minimum atomic E-state index is -0.813. The number of alkyl carbamates (subject to hydrolysis) is 1. The van der Waals surface area contributed by atoms with Gasteiger partial charge in [-0.15, -0.1) is 5.10 Å². The molecule has 2 N–H and O–H groups in total. The highest BCUT2D eigenvalue weighted by molar-refractivity contribution is 7.99. The lowest BCUT2D eigenvalue weighted by Crippen LogP contribution is -2.32. The predicted molar refractivity (Wildman–Crippen MR) is 142 cm³/mol. The number of pyridine rings is 1. The number of aryl methyl sites for hydroxylation is 1. The van der Waals surface area contributed by atoms with Gasteiger partial charge in [0.15, 0.2) is 11.6 Å². The summed E-state index contributed by atoms with van der Waals surface area (Å²) in [5.74, 6) is -1.56. The number of tetrazole rings is 1. The van der Waals surface area contributed by atoms with E-state index < -0.39 is 34.0 Å². The van der Waals surface area contributed by atoms with Crippen LogP contribution in [0.4, 0.5) is 20.7 Å². The summed E-state index contributed by atoms with van der Waals surface area (Å²) in [6.45, 7) is 4.81. The number of nitrogens with zero attached hydrogens (tertiary/aromatic N) is 6. The summed E-state index contributed by atoms with van der Waals surface area (Å²) in [4.78, 5) is 41.1. The normalized spacial score (nSPS) is 13.7. The molecular weight excluding hydrogens is 543 g/mol. The van der Waals surface area contributed by atoms with Crippen molar-refractivity contribution in [1.82, 2.24) is 30.5 Å². The van der Waals surface area contributed by atoms with Crippen LogP contribution in [0.2, 0.25) is 0 Å². The largest absolute Gasteiger partial charge is 0.444 e. The molecule has 0 spiro atoms. The monoisotopic (exact) mass is 572 g/mol. The van der Waals surface area contributed by atoms with Crippen molar-refractivity contribution in [2.24, 2.45) is 7.05 Å². The van der Waals surface area contributed by atoms with Crippen LogP contribution in [-0.2, 0) is 18.3 Å². The van der Waals surface area contributed by atoms with Gasteiger partial charge >= 0.3 is 6.09 Å². The predicted octanol–water partition coefficient (Wildman–Crippen LogP) is 4.74. The third-order valence-corrected chi connectivity index (χ3v) is 7.23. The average molecular weight is 573 g/mol. The van der Waals surface area contributed by atoms with E-state index in [4.69, 9.17) is 4.74 Å². The molecule has 2 aromatic heterocycles. The average Bonchev–Trinajstić information content (AvgIpc) is 3.55. The van der Waals surface area contributed by atoms with E-state index in [1.54, 1.807) is 34.0 Å². The Morgan fingerprint density at radius 2 is 1.98 bits per heavy atom. The fourth-order valence-corrected chi connectivity index (χ4v) is 5.18. The van der Waals surface area contributed by atoms with Crippen molar-refractivity contribution in [3.63, 3.8) is 0 Å². The number of ether oxygens (including phenoxy) is 1. The Balaban J connectivity index is 1.65. The highest BCUT2D eigenvalue weighted by Crippen LogP contribution is 2.36. The highest BCUT2D eigenvalue weighted by atomic mass is 32.2. The molecule has 212 valence electrons. The molecule has 15 heteroatoms. The molecule has 0 aliphatic heterocycles. The summed E-state index contributed by atoms with van der Waals surface area (Å²) in [6.07, 6.45) is 4.86. The molecule has 1 saturated carbocycles. The molecule has 1 aromatic carbocycles. The first-order valence-electron chi connectivity index (χ1n) is 12.6. The van der Waals surface area contributed by atoms with Crippen LogP contribution in [-0.4, -0.2) is 47.7 Å². The van der Waals surface area contributed by atoms with Gasteiger partial charge in [0, 0.05) is 24.2 Å². The lowest BCUT2D eigenvalue weighted by atomic mass is 9.99. The van der Waals surface area contributed by atoms with E-state index >= 15 is 0 Å². The second kappa shape index (κ2) is 11.9. The maximum absolute atomic E-state index is 14.9. The second-order valence-electron chi connectivity index (χ2n) is 10.3. The number of anilines is 1. The molecule has 2 amide bonds. The Hall–Kier alpha value is -4.14. The number of aromatic nitrogens is 5. The van der Waals surface area contributed by atoms with Crippen molar-refractivity contribution < 1.29 is 23.6 Å². The molecular formula is C25H29FN8O5S. The maximum atomic E-state index is 14.9. The molecule has 0 atom stereocenters. The number of amides is 2. The van der Waals surface area contributed by atoms with E-state index in [0.717, 1.165) is 49.1 Å². The van der Waals surface area contributed by atoms with Gasteiger partial charge in [0.25, 0.3) is 11.6 Å². The summed E-state index contributed by atoms with van der Waals surface area (Å²) in [6, 6.07) is 3.82. The SMILES string of the molecule is Cn1nnnc1Sc1cc(CNC(=O)OC(C)(C)C)c([N+](=O)[O-])cc1C(=O)Nc1ncc(C2CCCC2)cc1F. The first-order chi connectivity index (χ1) is 18.9. The molecule has 0 unspecified atom stereocenters. The Bertz CT molecular complexity index is 1440. The topological polar surface area (TPSA) is 167 Å². The van der Waals surface area contributed by atoms with E-state index in [0.29, 0.717) is 5.16 Å². The number of carbonyl (C=O) groups is 2. The van der Waals surface area contributed by atoms with Crippen LogP contribution < -0.4 is 10.6 Å². The van der Waals surface area contributed by atoms with Crippen molar-refractivity contribution >= 4 is 35.3 Å². The molecule has 1 aliphatic carbocycles. The van der Waals surface area contributed by atoms with Crippen LogP contribution in [0.15, 0.2) is 34.4 Å². The summed E-state index contributed by atoms with van der Waals surface area (Å²) in [5.41, 5.74) is -0.435. The van der Waals surface area contributed by atoms with Gasteiger partial charge in [0.1, 0.15) is 5.60 Å². The number of rotatable bonds is 8. The third kappa shape index (κ3) is 7.08. The molecule has 0 radical (unpaired) electrons. The number of halogens is 1. The number of hydrogen-bond donors (Lipinski definition) is 2. The maximum Gasteiger partial charge on any atom is 0.407 e. The number of nitrogens with one attached hydrogen (secondary N) is 2. The summed E-state index contributed by atoms with van der Waals surface area (Å²) in [5, 5.41) is 28.4. The van der Waals surface area contributed by atoms with E-state index in [1.165, 1.54) is 16.8 Å². The first-order valence-corrected chi connectivity index (χ1v) is 13.4. The van der Waals surface area contributed by atoms with Gasteiger partial charge in [-0.3, -0.25) is 14.9 Å². The molecule has 4 rings (SSSR count). The number of nitro benzene ring substituents is 1. The van der Waals surface area contributed by atoms with Crippen LogP contribution in [0.25, 0.3) is 0 Å². The third-order valence-electron chi connectivity index (χ3n) is 6.15. The number of nitro groups is 1. The molecule has 1 fully saturated rings. The van der Waals surface area contributed by atoms with Crippen LogP contribution in [0.3, 0.4) is 0 Å². The number of benzene rings is 1. The summed E-state index contributed by atoms with van der Waals surface area (Å²) < 4.78 is 21.5. The highest BCUT2D eigenvalue weighted by Gasteiger charge is 2.26. The molecule has 3 aromatic rings. The van der Waals surface area contributed by atoms with Crippen molar-refractivity contribution in [1.29, 1.82) is 0 Å². The van der Waals surface area contributed by atoms with Gasteiger partial charge in [0.2, 0.25) is 5.16 Å². The minimum absolute atomic E-state index is 0.107. The van der Waals surface area contributed by atoms with E-state index in [1.807, 2.05) is 0 Å². The number of hydrogen-bond acceptors (Lipinski definition) is 10. The van der Waals surface area contributed by atoms with Crippen LogP contribution in [0.1, 0.15) is 73.9 Å². The zero-order valence-corrected chi connectivity index (χ0v) is 23.2. The smallest absolute Gasteiger partial charge is 0.407 e. The molecule has 0 saturated heterocycles. The van der Waals surface area contributed by atoms with Gasteiger partial charge in [-0.05, 0) is 79.4 Å². The molecule has 1 aliphatic rings. The van der Waals surface area contributed by atoms with Crippen molar-refractivity contribution in [3.8, 4) is 0 Å². The van der Waals surface area contributed by atoms with E-state index in [2.05, 4.69) is 31.1 Å². The molecule has 0 bridgehead atoms. The standard InChI is InChI=1S/C25H29FN8O5S/c1-25(2,3)39-24(36)28-13-16-10-20(40-23-30-31-32-33(23)4)17(11-19(16)34(37)38)22(35)29-21-18(26)9-15(12-27-21)14-7-5-6-8-14/h9-12,14H,5-8,13H2,1-4H3,(H,28,36)(H,27,29,35). The van der Waals surface area contributed by atoms with E-state index in [9.17, 15) is 24.1 Å². The van der Waals surface area contributed by atoms with E-state index in [-0.39, 0.29) is 34.3 Å². The zero-order chi connectivity index (χ0) is 29.0. The Morgan fingerprint density at radius 3 is 2.58 bits per heavy atom. The second-order valence-corrected chi connectivity index (χ2v) is 11.3. The van der Waals surface area contributed by atoms with Gasteiger partial charge < -0.3 is 15.4 Å². The Morgan fingerprint density at radius 1 is 1.25 bits per heavy atom.